The molecular formula is C22H25NO6. The van der Waals surface area contributed by atoms with Gasteiger partial charge in [-0.3, -0.25) is 9.59 Å². The Morgan fingerprint density at radius 3 is 2.66 bits per heavy atom. The Kier molecular flexibility index (Phi) is 6.39. The van der Waals surface area contributed by atoms with Crippen LogP contribution in [0.2, 0.25) is 0 Å². The van der Waals surface area contributed by atoms with E-state index in [-0.39, 0.29) is 24.5 Å². The van der Waals surface area contributed by atoms with E-state index in [0.29, 0.717) is 29.4 Å². The predicted molar refractivity (Wildman–Crippen MR) is 107 cm³/mol. The molecule has 0 aliphatic carbocycles. The van der Waals surface area contributed by atoms with Crippen molar-refractivity contribution in [2.75, 3.05) is 26.9 Å². The Bertz CT molecular complexity index is 929. The van der Waals surface area contributed by atoms with Crippen LogP contribution in [0.25, 0.3) is 5.76 Å². The van der Waals surface area contributed by atoms with E-state index in [0.717, 1.165) is 6.42 Å². The molecule has 1 aliphatic heterocycles. The Morgan fingerprint density at radius 2 is 2.00 bits per heavy atom. The van der Waals surface area contributed by atoms with E-state index in [1.54, 1.807) is 43.3 Å². The number of benzene rings is 1. The van der Waals surface area contributed by atoms with Gasteiger partial charge in [0.25, 0.3) is 11.7 Å². The van der Waals surface area contributed by atoms with Crippen molar-refractivity contribution < 1.29 is 28.6 Å². The fourth-order valence-electron chi connectivity index (χ4n) is 3.31. The maximum Gasteiger partial charge on any atom is 0.295 e. The second-order valence-corrected chi connectivity index (χ2v) is 6.81. The van der Waals surface area contributed by atoms with Gasteiger partial charge in [0.15, 0.2) is 0 Å². The molecule has 1 aliphatic rings. The minimum Gasteiger partial charge on any atom is -0.507 e. The molecule has 1 atom stereocenters. The number of rotatable bonds is 8. The first-order chi connectivity index (χ1) is 14.0. The summed E-state index contributed by atoms with van der Waals surface area (Å²) in [7, 11) is 1.52. The first-order valence-corrected chi connectivity index (χ1v) is 9.54. The Labute approximate surface area is 169 Å². The number of amides is 1. The molecule has 0 saturated carbocycles. The third-order valence-electron chi connectivity index (χ3n) is 4.69. The highest BCUT2D eigenvalue weighted by molar-refractivity contribution is 6.46. The van der Waals surface area contributed by atoms with Crippen LogP contribution in [-0.2, 0) is 14.3 Å². The summed E-state index contributed by atoms with van der Waals surface area (Å²) in [5.41, 5.74) is 0.393. The maximum absolute atomic E-state index is 12.8. The molecule has 0 bridgehead atoms. The molecule has 1 saturated heterocycles. The summed E-state index contributed by atoms with van der Waals surface area (Å²) in [5.74, 6) is -0.0669. The van der Waals surface area contributed by atoms with Crippen LogP contribution in [0.3, 0.4) is 0 Å². The average Bonchev–Trinajstić information content (AvgIpc) is 3.26. The molecule has 2 aromatic rings. The zero-order chi connectivity index (χ0) is 21.0. The highest BCUT2D eigenvalue weighted by atomic mass is 16.5. The first kappa shape index (κ1) is 20.7. The molecule has 1 aromatic carbocycles. The number of ketones is 1. The van der Waals surface area contributed by atoms with Gasteiger partial charge in [0, 0.05) is 19.2 Å². The Balaban J connectivity index is 2.08. The van der Waals surface area contributed by atoms with E-state index in [2.05, 4.69) is 0 Å². The second kappa shape index (κ2) is 8.96. The van der Waals surface area contributed by atoms with E-state index in [1.165, 1.54) is 12.0 Å². The van der Waals surface area contributed by atoms with E-state index >= 15 is 0 Å². The number of hydrogen-bond acceptors (Lipinski definition) is 6. The standard InChI is InChI=1S/C22H25NO6/c1-4-11-28-16-7-5-6-15(13-16)20(24)18-19(17-9-8-14(2)29-17)23(10-12-27-3)22(26)21(18)25/h5-9,13,19,24H,4,10-12H2,1-3H3. The molecule has 0 spiro atoms. The smallest absolute Gasteiger partial charge is 0.295 e. The number of methoxy groups -OCH3 is 1. The minimum absolute atomic E-state index is 0.00639. The third-order valence-corrected chi connectivity index (χ3v) is 4.69. The largest absolute Gasteiger partial charge is 0.507 e. The van der Waals surface area contributed by atoms with Crippen LogP contribution in [0.5, 0.6) is 5.75 Å². The third kappa shape index (κ3) is 4.19. The molecule has 29 heavy (non-hydrogen) atoms. The summed E-state index contributed by atoms with van der Waals surface area (Å²) in [6, 6.07) is 9.47. The highest BCUT2D eigenvalue weighted by Gasteiger charge is 2.47. The van der Waals surface area contributed by atoms with Gasteiger partial charge in [0.2, 0.25) is 0 Å². The van der Waals surface area contributed by atoms with E-state index in [9.17, 15) is 14.7 Å². The van der Waals surface area contributed by atoms with Crippen molar-refractivity contribution >= 4 is 17.4 Å². The van der Waals surface area contributed by atoms with Gasteiger partial charge in [-0.25, -0.2) is 0 Å². The number of ether oxygens (including phenoxy) is 2. The van der Waals surface area contributed by atoms with Crippen LogP contribution >= 0.6 is 0 Å². The topological polar surface area (TPSA) is 89.2 Å². The highest BCUT2D eigenvalue weighted by Crippen LogP contribution is 2.40. The summed E-state index contributed by atoms with van der Waals surface area (Å²) >= 11 is 0. The number of aryl methyl sites for hydroxylation is 1. The van der Waals surface area contributed by atoms with Gasteiger partial charge >= 0.3 is 0 Å². The zero-order valence-electron chi connectivity index (χ0n) is 16.8. The normalized spacial score (nSPS) is 18.4. The molecule has 7 nitrogen and oxygen atoms in total. The summed E-state index contributed by atoms with van der Waals surface area (Å²) in [4.78, 5) is 26.9. The zero-order valence-corrected chi connectivity index (χ0v) is 16.8. The van der Waals surface area contributed by atoms with Crippen molar-refractivity contribution in [3.8, 4) is 5.75 Å². The number of carbonyl (C=O) groups is 2. The van der Waals surface area contributed by atoms with Crippen LogP contribution in [-0.4, -0.2) is 48.6 Å². The molecular weight excluding hydrogens is 374 g/mol. The van der Waals surface area contributed by atoms with Gasteiger partial charge in [0.05, 0.1) is 18.8 Å². The Hall–Kier alpha value is -3.06. The molecule has 1 fully saturated rings. The van der Waals surface area contributed by atoms with Crippen LogP contribution < -0.4 is 4.74 Å². The lowest BCUT2D eigenvalue weighted by molar-refractivity contribution is -0.140. The van der Waals surface area contributed by atoms with E-state index in [4.69, 9.17) is 13.9 Å². The molecule has 1 unspecified atom stereocenters. The van der Waals surface area contributed by atoms with Crippen LogP contribution in [0.1, 0.15) is 36.5 Å². The quantitative estimate of drug-likeness (QED) is 0.415. The number of hydrogen-bond donors (Lipinski definition) is 1. The first-order valence-electron chi connectivity index (χ1n) is 9.54. The van der Waals surface area contributed by atoms with Crippen molar-refractivity contribution in [2.24, 2.45) is 0 Å². The molecule has 154 valence electrons. The van der Waals surface area contributed by atoms with Gasteiger partial charge < -0.3 is 23.9 Å². The SMILES string of the molecule is CCCOc1cccc(C(O)=C2C(=O)C(=O)N(CCOC)C2c2ccc(C)o2)c1. The summed E-state index contributed by atoms with van der Waals surface area (Å²) in [5, 5.41) is 11.0. The van der Waals surface area contributed by atoms with Gasteiger partial charge in [0.1, 0.15) is 29.1 Å². The maximum atomic E-state index is 12.8. The van der Waals surface area contributed by atoms with Crippen LogP contribution in [0.4, 0.5) is 0 Å². The lowest BCUT2D eigenvalue weighted by Gasteiger charge is -2.22. The molecule has 0 radical (unpaired) electrons. The van der Waals surface area contributed by atoms with E-state index in [1.807, 2.05) is 6.92 Å². The average molecular weight is 399 g/mol. The van der Waals surface area contributed by atoms with Gasteiger partial charge in [-0.05, 0) is 37.6 Å². The van der Waals surface area contributed by atoms with Crippen LogP contribution in [0.15, 0.2) is 46.4 Å². The summed E-state index contributed by atoms with van der Waals surface area (Å²) in [6.07, 6.45) is 0.846. The van der Waals surface area contributed by atoms with Gasteiger partial charge in [-0.15, -0.1) is 0 Å². The fourth-order valence-corrected chi connectivity index (χ4v) is 3.31. The number of furan rings is 1. The number of nitrogens with zero attached hydrogens (tertiary/aromatic N) is 1. The van der Waals surface area contributed by atoms with Crippen molar-refractivity contribution in [2.45, 2.75) is 26.3 Å². The van der Waals surface area contributed by atoms with Gasteiger partial charge in [-0.2, -0.15) is 0 Å². The van der Waals surface area contributed by atoms with E-state index < -0.39 is 17.7 Å². The molecule has 1 aromatic heterocycles. The van der Waals surface area contributed by atoms with Crippen molar-refractivity contribution in [1.82, 2.24) is 4.90 Å². The van der Waals surface area contributed by atoms with Gasteiger partial charge in [-0.1, -0.05) is 19.1 Å². The minimum atomic E-state index is -0.820. The lowest BCUT2D eigenvalue weighted by Crippen LogP contribution is -2.32. The molecule has 7 heteroatoms. The lowest BCUT2D eigenvalue weighted by atomic mass is 9.99. The molecule has 3 rings (SSSR count). The van der Waals surface area contributed by atoms with Crippen molar-refractivity contribution in [3.05, 3.63) is 59.1 Å². The summed E-state index contributed by atoms with van der Waals surface area (Å²) < 4.78 is 16.4. The second-order valence-electron chi connectivity index (χ2n) is 6.81. The number of aliphatic hydroxyl groups is 1. The Morgan fingerprint density at radius 1 is 1.21 bits per heavy atom. The molecule has 1 N–H and O–H groups in total. The monoisotopic (exact) mass is 399 g/mol. The number of aliphatic hydroxyl groups excluding tert-OH is 1. The number of Topliss-reactive ketones (excluding diaryl/α,β-unsaturated/α-hetero) is 1. The van der Waals surface area contributed by atoms with Crippen LogP contribution in [0, 0.1) is 6.92 Å². The van der Waals surface area contributed by atoms with Crippen molar-refractivity contribution in [1.29, 1.82) is 0 Å². The van der Waals surface area contributed by atoms with Crippen molar-refractivity contribution in [3.63, 3.8) is 0 Å². The molecule has 1 amide bonds. The summed E-state index contributed by atoms with van der Waals surface area (Å²) in [6.45, 7) is 4.76. The fraction of sp³-hybridized carbons (Fsp3) is 0.364. The predicted octanol–water partition coefficient (Wildman–Crippen LogP) is 3.44. The number of carbonyl (C=O) groups excluding carboxylic acids is 2. The molecule has 2 heterocycles. The number of likely N-dealkylation sites (tertiary alicyclic amines) is 1.